The summed E-state index contributed by atoms with van der Waals surface area (Å²) in [4.78, 5) is 25.9. The average Bonchev–Trinajstić information content (AvgIpc) is 2.39. The predicted octanol–water partition coefficient (Wildman–Crippen LogP) is 3.63. The molecule has 0 spiro atoms. The fourth-order valence-electron chi connectivity index (χ4n) is 1.67. The van der Waals surface area contributed by atoms with Gasteiger partial charge in [-0.05, 0) is 6.92 Å². The number of non-ortho nitro benzene ring substituents is 1. The van der Waals surface area contributed by atoms with E-state index < -0.39 is 10.9 Å². The SMILES string of the molecule is CCOC(=O)c1cnc2c(Cl)cc([N+](=O)[O-])cc2c1Cl. The molecule has 0 aliphatic carbocycles. The predicted molar refractivity (Wildman–Crippen MR) is 74.4 cm³/mol. The molecule has 1 aromatic carbocycles. The third-order valence-electron chi connectivity index (χ3n) is 2.55. The minimum Gasteiger partial charge on any atom is -0.462 e. The van der Waals surface area contributed by atoms with Gasteiger partial charge in [-0.3, -0.25) is 15.1 Å². The molecule has 0 aliphatic rings. The van der Waals surface area contributed by atoms with Crippen LogP contribution >= 0.6 is 23.2 Å². The van der Waals surface area contributed by atoms with E-state index in [1.807, 2.05) is 0 Å². The van der Waals surface area contributed by atoms with Gasteiger partial charge in [0.2, 0.25) is 0 Å². The highest BCUT2D eigenvalue weighted by Crippen LogP contribution is 2.33. The van der Waals surface area contributed by atoms with E-state index in [1.54, 1.807) is 6.92 Å². The molecule has 0 saturated carbocycles. The van der Waals surface area contributed by atoms with Crippen LogP contribution in [0, 0.1) is 10.1 Å². The Labute approximate surface area is 123 Å². The van der Waals surface area contributed by atoms with E-state index in [0.29, 0.717) is 0 Å². The number of halogens is 2. The molecule has 0 bridgehead atoms. The highest BCUT2D eigenvalue weighted by molar-refractivity contribution is 6.41. The monoisotopic (exact) mass is 314 g/mol. The number of pyridine rings is 1. The van der Waals surface area contributed by atoms with Crippen LogP contribution < -0.4 is 0 Å². The number of carbonyl (C=O) groups excluding carboxylic acids is 1. The number of nitro groups is 1. The molecule has 0 unspecified atom stereocenters. The minimum absolute atomic E-state index is 0.0269. The number of hydrogen-bond acceptors (Lipinski definition) is 5. The largest absolute Gasteiger partial charge is 0.462 e. The zero-order chi connectivity index (χ0) is 14.9. The van der Waals surface area contributed by atoms with Crippen molar-refractivity contribution >= 4 is 45.8 Å². The zero-order valence-corrected chi connectivity index (χ0v) is 11.7. The van der Waals surface area contributed by atoms with Crippen LogP contribution in [0.4, 0.5) is 5.69 Å². The maximum absolute atomic E-state index is 11.7. The van der Waals surface area contributed by atoms with E-state index >= 15 is 0 Å². The van der Waals surface area contributed by atoms with Gasteiger partial charge in [0.05, 0.1) is 32.7 Å². The molecule has 2 aromatic rings. The average molecular weight is 315 g/mol. The number of nitro benzene ring substituents is 1. The molecule has 104 valence electrons. The van der Waals surface area contributed by atoms with Crippen molar-refractivity contribution in [3.8, 4) is 0 Å². The number of ether oxygens (including phenoxy) is 1. The van der Waals surface area contributed by atoms with Gasteiger partial charge < -0.3 is 4.74 Å². The van der Waals surface area contributed by atoms with Crippen LogP contribution in [0.15, 0.2) is 18.3 Å². The Morgan fingerprint density at radius 1 is 1.45 bits per heavy atom. The summed E-state index contributed by atoms with van der Waals surface area (Å²) in [5.74, 6) is -0.644. The molecule has 0 atom stereocenters. The lowest BCUT2D eigenvalue weighted by Crippen LogP contribution is -2.06. The van der Waals surface area contributed by atoms with Crippen molar-refractivity contribution in [3.05, 3.63) is 44.1 Å². The molecule has 6 nitrogen and oxygen atoms in total. The molecule has 1 aromatic heterocycles. The van der Waals surface area contributed by atoms with Crippen LogP contribution in [0.5, 0.6) is 0 Å². The van der Waals surface area contributed by atoms with Crippen LogP contribution in [-0.2, 0) is 4.74 Å². The Morgan fingerprint density at radius 2 is 2.15 bits per heavy atom. The second-order valence-corrected chi connectivity index (χ2v) is 4.57. The number of carbonyl (C=O) groups is 1. The summed E-state index contributed by atoms with van der Waals surface area (Å²) in [7, 11) is 0. The highest BCUT2D eigenvalue weighted by atomic mass is 35.5. The number of benzene rings is 1. The number of rotatable bonds is 3. The van der Waals surface area contributed by atoms with Crippen LogP contribution in [0.2, 0.25) is 10.0 Å². The van der Waals surface area contributed by atoms with Crippen molar-refractivity contribution in [2.75, 3.05) is 6.61 Å². The molecule has 0 aliphatic heterocycles. The van der Waals surface area contributed by atoms with E-state index in [-0.39, 0.29) is 38.8 Å². The molecule has 0 saturated heterocycles. The maximum atomic E-state index is 11.7. The Kier molecular flexibility index (Phi) is 4.06. The summed E-state index contributed by atoms with van der Waals surface area (Å²) >= 11 is 12.0. The van der Waals surface area contributed by atoms with E-state index in [9.17, 15) is 14.9 Å². The minimum atomic E-state index is -0.644. The summed E-state index contributed by atoms with van der Waals surface area (Å²) in [6.45, 7) is 1.84. The second-order valence-electron chi connectivity index (χ2n) is 3.79. The van der Waals surface area contributed by atoms with Crippen molar-refractivity contribution < 1.29 is 14.5 Å². The summed E-state index contributed by atoms with van der Waals surface area (Å²) in [5.41, 5.74) is 0.0973. The molecule has 0 fully saturated rings. The van der Waals surface area contributed by atoms with E-state index in [0.717, 1.165) is 0 Å². The van der Waals surface area contributed by atoms with Crippen LogP contribution in [0.1, 0.15) is 17.3 Å². The Bertz CT molecular complexity index is 718. The topological polar surface area (TPSA) is 82.3 Å². The van der Waals surface area contributed by atoms with Crippen LogP contribution in [-0.4, -0.2) is 22.5 Å². The highest BCUT2D eigenvalue weighted by Gasteiger charge is 2.19. The van der Waals surface area contributed by atoms with Gasteiger partial charge in [-0.15, -0.1) is 0 Å². The van der Waals surface area contributed by atoms with Gasteiger partial charge in [-0.1, -0.05) is 23.2 Å². The first-order valence-electron chi connectivity index (χ1n) is 5.55. The number of hydrogen-bond donors (Lipinski definition) is 0. The second kappa shape index (κ2) is 5.60. The molecule has 8 heteroatoms. The van der Waals surface area contributed by atoms with Crippen LogP contribution in [0.25, 0.3) is 10.9 Å². The van der Waals surface area contributed by atoms with Gasteiger partial charge >= 0.3 is 5.97 Å². The molecular formula is C12H8Cl2N2O4. The van der Waals surface area contributed by atoms with Crippen molar-refractivity contribution in [3.63, 3.8) is 0 Å². The Morgan fingerprint density at radius 3 is 2.75 bits per heavy atom. The normalized spacial score (nSPS) is 10.6. The van der Waals surface area contributed by atoms with Crippen LogP contribution in [0.3, 0.4) is 0 Å². The molecule has 0 amide bonds. The lowest BCUT2D eigenvalue weighted by atomic mass is 10.1. The van der Waals surface area contributed by atoms with Gasteiger partial charge in [0, 0.05) is 23.7 Å². The number of fused-ring (bicyclic) bond motifs is 1. The first-order chi connectivity index (χ1) is 9.45. The number of nitrogens with zero attached hydrogens (tertiary/aromatic N) is 2. The quantitative estimate of drug-likeness (QED) is 0.491. The van der Waals surface area contributed by atoms with Gasteiger partial charge in [0.1, 0.15) is 0 Å². The molecular weight excluding hydrogens is 307 g/mol. The van der Waals surface area contributed by atoms with Crippen molar-refractivity contribution in [2.24, 2.45) is 0 Å². The van der Waals surface area contributed by atoms with Gasteiger partial charge in [0.25, 0.3) is 5.69 Å². The summed E-state index contributed by atoms with van der Waals surface area (Å²) in [6.07, 6.45) is 1.24. The standard InChI is InChI=1S/C12H8Cl2N2O4/c1-2-20-12(17)8-5-15-11-7(10(8)14)3-6(16(18)19)4-9(11)13/h3-5H,2H2,1H3. The summed E-state index contributed by atoms with van der Waals surface area (Å²) in [6, 6.07) is 2.40. The molecule has 0 radical (unpaired) electrons. The third kappa shape index (κ3) is 2.52. The van der Waals surface area contributed by atoms with E-state index in [2.05, 4.69) is 4.98 Å². The van der Waals surface area contributed by atoms with Crippen molar-refractivity contribution in [1.82, 2.24) is 4.98 Å². The number of esters is 1. The van der Waals surface area contributed by atoms with Gasteiger partial charge in [0.15, 0.2) is 0 Å². The molecule has 20 heavy (non-hydrogen) atoms. The Hall–Kier alpha value is -1.92. The summed E-state index contributed by atoms with van der Waals surface area (Å²) < 4.78 is 4.84. The smallest absolute Gasteiger partial charge is 0.341 e. The van der Waals surface area contributed by atoms with Crippen molar-refractivity contribution in [1.29, 1.82) is 0 Å². The van der Waals surface area contributed by atoms with Crippen molar-refractivity contribution in [2.45, 2.75) is 6.92 Å². The third-order valence-corrected chi connectivity index (χ3v) is 3.25. The fourth-order valence-corrected chi connectivity index (χ4v) is 2.20. The Balaban J connectivity index is 2.70. The molecule has 1 heterocycles. The first-order valence-corrected chi connectivity index (χ1v) is 6.30. The zero-order valence-electron chi connectivity index (χ0n) is 10.2. The van der Waals surface area contributed by atoms with Gasteiger partial charge in [-0.2, -0.15) is 0 Å². The lowest BCUT2D eigenvalue weighted by Gasteiger charge is -2.07. The molecule has 0 N–H and O–H groups in total. The lowest BCUT2D eigenvalue weighted by molar-refractivity contribution is -0.384. The van der Waals surface area contributed by atoms with Gasteiger partial charge in [-0.25, -0.2) is 4.79 Å². The fraction of sp³-hybridized carbons (Fsp3) is 0.167. The first kappa shape index (κ1) is 14.5. The van der Waals surface area contributed by atoms with E-state index in [4.69, 9.17) is 27.9 Å². The maximum Gasteiger partial charge on any atom is 0.341 e. The summed E-state index contributed by atoms with van der Waals surface area (Å²) in [5, 5.41) is 11.2. The molecule has 2 rings (SSSR count). The van der Waals surface area contributed by atoms with E-state index in [1.165, 1.54) is 18.3 Å². The number of aromatic nitrogens is 1.